The second-order valence-corrected chi connectivity index (χ2v) is 8.19. The van der Waals surface area contributed by atoms with E-state index in [1.807, 2.05) is 6.07 Å². The van der Waals surface area contributed by atoms with E-state index in [9.17, 15) is 9.18 Å². The molecule has 2 heterocycles. The number of rotatable bonds is 7. The van der Waals surface area contributed by atoms with Gasteiger partial charge in [0.05, 0.1) is 21.5 Å². The van der Waals surface area contributed by atoms with Gasteiger partial charge in [0.2, 0.25) is 0 Å². The summed E-state index contributed by atoms with van der Waals surface area (Å²) in [4.78, 5) is 18.4. The molecule has 0 bridgehead atoms. The Hall–Kier alpha value is -2.00. The number of carbonyl (C=O) groups is 1. The molecule has 0 aliphatic rings. The summed E-state index contributed by atoms with van der Waals surface area (Å²) >= 11 is 8.63. The number of ether oxygens (including phenoxy) is 2. The van der Waals surface area contributed by atoms with Crippen molar-refractivity contribution in [2.24, 2.45) is 0 Å². The Kier molecular flexibility index (Phi) is 6.43. The molecule has 9 heteroatoms. The molecule has 0 saturated carbocycles. The van der Waals surface area contributed by atoms with Gasteiger partial charge >= 0.3 is 0 Å². The minimum atomic E-state index is -0.557. The molecule has 2 aromatic heterocycles. The van der Waals surface area contributed by atoms with Crippen molar-refractivity contribution in [3.05, 3.63) is 51.1 Å². The largest absolute Gasteiger partial charge is 0.488 e. The van der Waals surface area contributed by atoms with Crippen LogP contribution in [0.2, 0.25) is 4.34 Å². The lowest BCUT2D eigenvalue weighted by atomic mass is 10.2. The number of hydrogen-bond acceptors (Lipinski definition) is 6. The number of hydrogen-bond donors (Lipinski definition) is 1. The van der Waals surface area contributed by atoms with E-state index in [-0.39, 0.29) is 18.3 Å². The van der Waals surface area contributed by atoms with Crippen LogP contribution in [0, 0.1) is 12.7 Å². The molecule has 1 N–H and O–H groups in total. The molecule has 1 aromatic carbocycles. The van der Waals surface area contributed by atoms with Crippen LogP contribution in [0.25, 0.3) is 9.88 Å². The van der Waals surface area contributed by atoms with Crippen LogP contribution in [-0.2, 0) is 4.74 Å². The average molecular weight is 427 g/mol. The number of aromatic nitrogens is 1. The van der Waals surface area contributed by atoms with Crippen LogP contribution >= 0.6 is 34.3 Å². The summed E-state index contributed by atoms with van der Waals surface area (Å²) < 4.78 is 24.9. The molecule has 0 spiro atoms. The van der Waals surface area contributed by atoms with Crippen molar-refractivity contribution >= 4 is 45.9 Å². The Bertz CT molecular complexity index is 958. The predicted octanol–water partition coefficient (Wildman–Crippen LogP) is 5.25. The Morgan fingerprint density at radius 1 is 1.26 bits per heavy atom. The van der Waals surface area contributed by atoms with Gasteiger partial charge in [-0.1, -0.05) is 11.6 Å². The van der Waals surface area contributed by atoms with Crippen molar-refractivity contribution < 1.29 is 18.7 Å². The molecule has 3 rings (SSSR count). The molecular weight excluding hydrogens is 411 g/mol. The van der Waals surface area contributed by atoms with Gasteiger partial charge in [0.1, 0.15) is 16.5 Å². The quantitative estimate of drug-likeness (QED) is 0.524. The summed E-state index contributed by atoms with van der Waals surface area (Å²) in [5.74, 6) is -0.791. The Morgan fingerprint density at radius 2 is 2.07 bits per heavy atom. The zero-order valence-corrected chi connectivity index (χ0v) is 16.9. The second kappa shape index (κ2) is 8.79. The SMILES string of the molecule is COCCOc1ccc(NC(=O)c2sc(-c3ccc(Cl)s3)nc2C)cc1F. The number of thiophene rings is 1. The van der Waals surface area contributed by atoms with Gasteiger partial charge in [0.25, 0.3) is 5.91 Å². The summed E-state index contributed by atoms with van der Waals surface area (Å²) in [6, 6.07) is 7.93. The van der Waals surface area contributed by atoms with E-state index in [0.717, 1.165) is 9.88 Å². The Morgan fingerprint density at radius 3 is 2.74 bits per heavy atom. The van der Waals surface area contributed by atoms with E-state index >= 15 is 0 Å². The molecule has 1 amide bonds. The number of methoxy groups -OCH3 is 1. The lowest BCUT2D eigenvalue weighted by Crippen LogP contribution is -2.12. The van der Waals surface area contributed by atoms with Gasteiger partial charge in [-0.25, -0.2) is 9.37 Å². The molecule has 0 unspecified atom stereocenters. The third-order valence-corrected chi connectivity index (χ3v) is 6.08. The minimum absolute atomic E-state index is 0.107. The lowest BCUT2D eigenvalue weighted by Gasteiger charge is -2.09. The van der Waals surface area contributed by atoms with Gasteiger partial charge in [-0.05, 0) is 31.2 Å². The van der Waals surface area contributed by atoms with E-state index in [0.29, 0.717) is 27.2 Å². The molecule has 0 saturated heterocycles. The van der Waals surface area contributed by atoms with Crippen molar-refractivity contribution in [2.75, 3.05) is 25.6 Å². The molecule has 0 fully saturated rings. The maximum atomic E-state index is 14.1. The maximum absolute atomic E-state index is 14.1. The molecule has 142 valence electrons. The number of carbonyl (C=O) groups excluding carboxylic acids is 1. The summed E-state index contributed by atoms with van der Waals surface area (Å²) in [5.41, 5.74) is 0.946. The number of nitrogens with one attached hydrogen (secondary N) is 1. The number of aryl methyl sites for hydroxylation is 1. The fraction of sp³-hybridized carbons (Fsp3) is 0.222. The molecule has 3 aromatic rings. The summed E-state index contributed by atoms with van der Waals surface area (Å²) in [7, 11) is 1.54. The zero-order valence-electron chi connectivity index (χ0n) is 14.5. The van der Waals surface area contributed by atoms with Crippen molar-refractivity contribution in [3.63, 3.8) is 0 Å². The fourth-order valence-electron chi connectivity index (χ4n) is 2.26. The van der Waals surface area contributed by atoms with Crippen LogP contribution in [-0.4, -0.2) is 31.2 Å². The van der Waals surface area contributed by atoms with Crippen molar-refractivity contribution in [1.29, 1.82) is 0 Å². The summed E-state index contributed by atoms with van der Waals surface area (Å²) in [6.45, 7) is 2.37. The van der Waals surface area contributed by atoms with Crippen LogP contribution in [0.15, 0.2) is 30.3 Å². The van der Waals surface area contributed by atoms with Gasteiger partial charge in [0.15, 0.2) is 11.6 Å². The number of benzene rings is 1. The van der Waals surface area contributed by atoms with Crippen molar-refractivity contribution in [2.45, 2.75) is 6.92 Å². The summed E-state index contributed by atoms with van der Waals surface area (Å²) in [5, 5.41) is 3.42. The number of halogens is 2. The summed E-state index contributed by atoms with van der Waals surface area (Å²) in [6.07, 6.45) is 0. The van der Waals surface area contributed by atoms with Crippen molar-refractivity contribution in [3.8, 4) is 15.6 Å². The molecule has 0 atom stereocenters. The molecule has 27 heavy (non-hydrogen) atoms. The van der Waals surface area contributed by atoms with Crippen LogP contribution < -0.4 is 10.1 Å². The lowest BCUT2D eigenvalue weighted by molar-refractivity contribution is 0.103. The van der Waals surface area contributed by atoms with Gasteiger partial charge in [-0.2, -0.15) is 0 Å². The fourth-order valence-corrected chi connectivity index (χ4v) is 4.32. The van der Waals surface area contributed by atoms with Gasteiger partial charge in [-0.15, -0.1) is 22.7 Å². The second-order valence-electron chi connectivity index (χ2n) is 5.48. The molecule has 5 nitrogen and oxygen atoms in total. The third kappa shape index (κ3) is 4.84. The molecule has 0 aliphatic carbocycles. The van der Waals surface area contributed by atoms with E-state index < -0.39 is 5.82 Å². The van der Waals surface area contributed by atoms with Gasteiger partial charge < -0.3 is 14.8 Å². The normalized spacial score (nSPS) is 10.8. The maximum Gasteiger partial charge on any atom is 0.267 e. The Balaban J connectivity index is 1.72. The number of thiazole rings is 1. The highest BCUT2D eigenvalue weighted by Gasteiger charge is 2.18. The standard InChI is InChI=1S/C18H16ClFN2O3S2/c1-10-16(27-18(21-10)14-5-6-15(19)26-14)17(23)22-11-3-4-13(12(20)9-11)25-8-7-24-2/h3-6,9H,7-8H2,1-2H3,(H,22,23). The first-order valence-electron chi connectivity index (χ1n) is 7.93. The highest BCUT2D eigenvalue weighted by molar-refractivity contribution is 7.24. The average Bonchev–Trinajstić information content (AvgIpc) is 3.22. The Labute approximate surface area is 168 Å². The van der Waals surface area contributed by atoms with E-state index in [1.165, 1.54) is 41.9 Å². The van der Waals surface area contributed by atoms with Crippen LogP contribution in [0.5, 0.6) is 5.75 Å². The van der Waals surface area contributed by atoms with Gasteiger partial charge in [0, 0.05) is 18.9 Å². The van der Waals surface area contributed by atoms with Crippen molar-refractivity contribution in [1.82, 2.24) is 4.98 Å². The van der Waals surface area contributed by atoms with E-state index in [1.54, 1.807) is 19.1 Å². The smallest absolute Gasteiger partial charge is 0.267 e. The van der Waals surface area contributed by atoms with Crippen LogP contribution in [0.3, 0.4) is 0 Å². The monoisotopic (exact) mass is 426 g/mol. The predicted molar refractivity (Wildman–Crippen MR) is 107 cm³/mol. The van der Waals surface area contributed by atoms with E-state index in [2.05, 4.69) is 10.3 Å². The first-order chi connectivity index (χ1) is 13.0. The number of nitrogens with zero attached hydrogens (tertiary/aromatic N) is 1. The molecule has 0 radical (unpaired) electrons. The first kappa shape index (κ1) is 19.8. The number of anilines is 1. The highest BCUT2D eigenvalue weighted by atomic mass is 35.5. The minimum Gasteiger partial charge on any atom is -0.488 e. The van der Waals surface area contributed by atoms with Crippen LogP contribution in [0.1, 0.15) is 15.4 Å². The molecule has 0 aliphatic heterocycles. The van der Waals surface area contributed by atoms with Crippen LogP contribution in [0.4, 0.5) is 10.1 Å². The zero-order chi connectivity index (χ0) is 19.4. The van der Waals surface area contributed by atoms with Gasteiger partial charge in [-0.3, -0.25) is 4.79 Å². The third-order valence-electron chi connectivity index (χ3n) is 3.52. The molecular formula is C18H16ClFN2O3S2. The number of amides is 1. The van der Waals surface area contributed by atoms with E-state index in [4.69, 9.17) is 21.1 Å². The first-order valence-corrected chi connectivity index (χ1v) is 9.95. The highest BCUT2D eigenvalue weighted by Crippen LogP contribution is 2.35. The topological polar surface area (TPSA) is 60.5 Å².